The second-order valence-corrected chi connectivity index (χ2v) is 4.66. The second kappa shape index (κ2) is 9.74. The fraction of sp³-hybridized carbons (Fsp3) is 0.846. The van der Waals surface area contributed by atoms with Gasteiger partial charge in [-0.2, -0.15) is 0 Å². The highest BCUT2D eigenvalue weighted by Gasteiger charge is 2.05. The summed E-state index contributed by atoms with van der Waals surface area (Å²) in [6.45, 7) is 12.0. The summed E-state index contributed by atoms with van der Waals surface area (Å²) in [5.41, 5.74) is 0. The number of nitrogens with zero attached hydrogens (tertiary/aromatic N) is 1. The van der Waals surface area contributed by atoms with Gasteiger partial charge in [-0.3, -0.25) is 9.79 Å². The molecule has 106 valence electrons. The lowest BCUT2D eigenvalue weighted by molar-refractivity contribution is -0.123. The molecule has 1 unspecified atom stereocenters. The van der Waals surface area contributed by atoms with Crippen molar-refractivity contribution in [3.05, 3.63) is 0 Å². The van der Waals surface area contributed by atoms with Gasteiger partial charge < -0.3 is 16.0 Å². The zero-order valence-corrected chi connectivity index (χ0v) is 12.3. The number of guanidine groups is 1. The molecule has 0 fully saturated rings. The van der Waals surface area contributed by atoms with Crippen molar-refractivity contribution in [2.45, 2.75) is 47.1 Å². The fourth-order valence-corrected chi connectivity index (χ4v) is 1.21. The van der Waals surface area contributed by atoms with Crippen molar-refractivity contribution in [3.8, 4) is 0 Å². The van der Waals surface area contributed by atoms with Crippen LogP contribution in [-0.4, -0.2) is 37.5 Å². The number of aliphatic imine (C=N–C) groups is 1. The van der Waals surface area contributed by atoms with Crippen LogP contribution in [0.25, 0.3) is 0 Å². The lowest BCUT2D eigenvalue weighted by atomic mass is 10.2. The molecule has 0 aliphatic carbocycles. The number of amides is 1. The Morgan fingerprint density at radius 1 is 1.17 bits per heavy atom. The van der Waals surface area contributed by atoms with E-state index in [1.807, 2.05) is 20.8 Å². The molecule has 0 saturated heterocycles. The van der Waals surface area contributed by atoms with Gasteiger partial charge >= 0.3 is 0 Å². The summed E-state index contributed by atoms with van der Waals surface area (Å²) in [6.07, 6.45) is 1.05. The number of hydrogen-bond donors (Lipinski definition) is 3. The first-order valence-corrected chi connectivity index (χ1v) is 6.83. The average molecular weight is 256 g/mol. The van der Waals surface area contributed by atoms with Crippen LogP contribution in [0.15, 0.2) is 4.99 Å². The van der Waals surface area contributed by atoms with E-state index in [2.05, 4.69) is 34.8 Å². The average Bonchev–Trinajstić information content (AvgIpc) is 2.33. The molecule has 0 aromatic heterocycles. The molecule has 0 aliphatic rings. The van der Waals surface area contributed by atoms with Gasteiger partial charge in [-0.25, -0.2) is 0 Å². The van der Waals surface area contributed by atoms with Gasteiger partial charge in [0.1, 0.15) is 0 Å². The van der Waals surface area contributed by atoms with Crippen LogP contribution in [0.4, 0.5) is 0 Å². The van der Waals surface area contributed by atoms with Gasteiger partial charge in [-0.15, -0.1) is 0 Å². The molecule has 0 aromatic carbocycles. The summed E-state index contributed by atoms with van der Waals surface area (Å²) in [5, 5.41) is 9.33. The predicted molar refractivity (Wildman–Crippen MR) is 76.7 cm³/mol. The maximum Gasteiger partial charge on any atom is 0.222 e. The van der Waals surface area contributed by atoms with Gasteiger partial charge in [-0.05, 0) is 20.3 Å². The Labute approximate surface area is 111 Å². The lowest BCUT2D eigenvalue weighted by Crippen LogP contribution is -2.42. The standard InChI is InChI=1S/C13H28N4O/c1-6-11(5)17-13(14-7-2)16-9-8-15-12(18)10(3)4/h10-11H,6-9H2,1-5H3,(H,15,18)(H2,14,16,17). The molecule has 0 spiro atoms. The van der Waals surface area contributed by atoms with Crippen LogP contribution in [0, 0.1) is 5.92 Å². The molecule has 3 N–H and O–H groups in total. The van der Waals surface area contributed by atoms with E-state index >= 15 is 0 Å². The van der Waals surface area contributed by atoms with Gasteiger partial charge in [0.05, 0.1) is 6.54 Å². The van der Waals surface area contributed by atoms with Crippen LogP contribution >= 0.6 is 0 Å². The van der Waals surface area contributed by atoms with Crippen molar-refractivity contribution in [2.24, 2.45) is 10.9 Å². The third-order valence-corrected chi connectivity index (χ3v) is 2.55. The van der Waals surface area contributed by atoms with Crippen LogP contribution in [0.2, 0.25) is 0 Å². The van der Waals surface area contributed by atoms with E-state index in [0.717, 1.165) is 18.9 Å². The van der Waals surface area contributed by atoms with Gasteiger partial charge in [0.25, 0.3) is 0 Å². The Balaban J connectivity index is 4.04. The van der Waals surface area contributed by atoms with E-state index in [0.29, 0.717) is 19.1 Å². The molecule has 0 heterocycles. The highest BCUT2D eigenvalue weighted by atomic mass is 16.1. The molecule has 1 atom stereocenters. The lowest BCUT2D eigenvalue weighted by Gasteiger charge is -2.16. The van der Waals surface area contributed by atoms with E-state index in [1.165, 1.54) is 0 Å². The first kappa shape index (κ1) is 16.7. The van der Waals surface area contributed by atoms with E-state index in [9.17, 15) is 4.79 Å². The number of carbonyl (C=O) groups is 1. The van der Waals surface area contributed by atoms with Crippen LogP contribution in [-0.2, 0) is 4.79 Å². The summed E-state index contributed by atoms with van der Waals surface area (Å²) >= 11 is 0. The first-order valence-electron chi connectivity index (χ1n) is 6.83. The SMILES string of the molecule is CCNC(=NCCNC(=O)C(C)C)NC(C)CC. The molecule has 0 saturated carbocycles. The zero-order valence-electron chi connectivity index (χ0n) is 12.3. The third kappa shape index (κ3) is 7.92. The van der Waals surface area contributed by atoms with Gasteiger partial charge in [0.2, 0.25) is 5.91 Å². The summed E-state index contributed by atoms with van der Waals surface area (Å²) < 4.78 is 0. The minimum atomic E-state index is 0.0282. The highest BCUT2D eigenvalue weighted by Crippen LogP contribution is 1.90. The summed E-state index contributed by atoms with van der Waals surface area (Å²) in [4.78, 5) is 15.8. The number of hydrogen-bond acceptors (Lipinski definition) is 2. The molecule has 0 aromatic rings. The topological polar surface area (TPSA) is 65.5 Å². The van der Waals surface area contributed by atoms with Crippen LogP contribution in [0.3, 0.4) is 0 Å². The van der Waals surface area contributed by atoms with Gasteiger partial charge in [0.15, 0.2) is 5.96 Å². The molecule has 0 rings (SSSR count). The van der Waals surface area contributed by atoms with Gasteiger partial charge in [0, 0.05) is 25.0 Å². The molecule has 1 amide bonds. The van der Waals surface area contributed by atoms with E-state index in [1.54, 1.807) is 0 Å². The van der Waals surface area contributed by atoms with Crippen molar-refractivity contribution in [1.82, 2.24) is 16.0 Å². The third-order valence-electron chi connectivity index (χ3n) is 2.55. The summed E-state index contributed by atoms with van der Waals surface area (Å²) in [6, 6.07) is 0.396. The number of carbonyl (C=O) groups excluding carboxylic acids is 1. The Kier molecular flexibility index (Phi) is 9.06. The number of rotatable bonds is 7. The zero-order chi connectivity index (χ0) is 14.0. The van der Waals surface area contributed by atoms with Crippen molar-refractivity contribution >= 4 is 11.9 Å². The minimum absolute atomic E-state index is 0.0282. The smallest absolute Gasteiger partial charge is 0.222 e. The minimum Gasteiger partial charge on any atom is -0.357 e. The fourth-order valence-electron chi connectivity index (χ4n) is 1.21. The van der Waals surface area contributed by atoms with Crippen molar-refractivity contribution in [2.75, 3.05) is 19.6 Å². The largest absolute Gasteiger partial charge is 0.357 e. The van der Waals surface area contributed by atoms with Crippen molar-refractivity contribution < 1.29 is 4.79 Å². The first-order chi connectivity index (χ1) is 8.51. The molecular weight excluding hydrogens is 228 g/mol. The molecule has 18 heavy (non-hydrogen) atoms. The molecule has 0 radical (unpaired) electrons. The van der Waals surface area contributed by atoms with Crippen molar-refractivity contribution in [1.29, 1.82) is 0 Å². The van der Waals surface area contributed by atoms with Crippen LogP contribution in [0.1, 0.15) is 41.0 Å². The van der Waals surface area contributed by atoms with Gasteiger partial charge in [-0.1, -0.05) is 20.8 Å². The van der Waals surface area contributed by atoms with Crippen molar-refractivity contribution in [3.63, 3.8) is 0 Å². The quantitative estimate of drug-likeness (QED) is 0.363. The maximum atomic E-state index is 11.3. The Morgan fingerprint density at radius 2 is 1.83 bits per heavy atom. The Hall–Kier alpha value is -1.26. The predicted octanol–water partition coefficient (Wildman–Crippen LogP) is 1.11. The maximum absolute atomic E-state index is 11.3. The van der Waals surface area contributed by atoms with E-state index in [-0.39, 0.29) is 11.8 Å². The monoisotopic (exact) mass is 256 g/mol. The number of nitrogens with one attached hydrogen (secondary N) is 3. The highest BCUT2D eigenvalue weighted by molar-refractivity contribution is 5.80. The molecule has 5 nitrogen and oxygen atoms in total. The normalized spacial score (nSPS) is 13.3. The summed E-state index contributed by atoms with van der Waals surface area (Å²) in [5.74, 6) is 0.913. The van der Waals surface area contributed by atoms with Crippen LogP contribution in [0.5, 0.6) is 0 Å². The summed E-state index contributed by atoms with van der Waals surface area (Å²) in [7, 11) is 0. The van der Waals surface area contributed by atoms with Crippen LogP contribution < -0.4 is 16.0 Å². The van der Waals surface area contributed by atoms with E-state index < -0.39 is 0 Å². The van der Waals surface area contributed by atoms with E-state index in [4.69, 9.17) is 0 Å². The second-order valence-electron chi connectivity index (χ2n) is 4.66. The Morgan fingerprint density at radius 3 is 2.33 bits per heavy atom. The molecular formula is C13H28N4O. The molecule has 0 aliphatic heterocycles. The molecule has 5 heteroatoms. The Bertz CT molecular complexity index is 264. The molecule has 0 bridgehead atoms.